The maximum absolute atomic E-state index is 12.1. The number of aromatic nitrogens is 3. The quantitative estimate of drug-likeness (QED) is 0.812. The summed E-state index contributed by atoms with van der Waals surface area (Å²) in [4.78, 5) is 12.1. The van der Waals surface area contributed by atoms with Crippen LogP contribution in [0.15, 0.2) is 29.1 Å². The summed E-state index contributed by atoms with van der Waals surface area (Å²) >= 11 is 0. The Morgan fingerprint density at radius 3 is 2.53 bits per heavy atom. The zero-order valence-corrected chi connectivity index (χ0v) is 10.1. The molecule has 0 bridgehead atoms. The van der Waals surface area contributed by atoms with E-state index in [1.165, 1.54) is 4.68 Å². The molecule has 0 saturated heterocycles. The summed E-state index contributed by atoms with van der Waals surface area (Å²) in [5.41, 5.74) is 6.92. The Hall–Kier alpha value is -2.04. The van der Waals surface area contributed by atoms with Gasteiger partial charge in [-0.1, -0.05) is 6.92 Å². The average molecular weight is 232 g/mol. The molecule has 1 heterocycles. The van der Waals surface area contributed by atoms with E-state index in [-0.39, 0.29) is 5.69 Å². The van der Waals surface area contributed by atoms with E-state index >= 15 is 0 Å². The molecule has 1 aromatic carbocycles. The summed E-state index contributed by atoms with van der Waals surface area (Å²) < 4.78 is 3.08. The number of nitrogen functional groups attached to an aromatic ring is 1. The van der Waals surface area contributed by atoms with Crippen molar-refractivity contribution in [2.75, 3.05) is 5.73 Å². The Morgan fingerprint density at radius 1 is 1.29 bits per heavy atom. The van der Waals surface area contributed by atoms with E-state index in [0.717, 1.165) is 17.9 Å². The molecular weight excluding hydrogens is 216 g/mol. The number of aryl methyl sites for hydroxylation is 1. The van der Waals surface area contributed by atoms with Gasteiger partial charge in [0.25, 0.3) is 0 Å². The van der Waals surface area contributed by atoms with E-state index in [2.05, 4.69) is 5.10 Å². The van der Waals surface area contributed by atoms with Gasteiger partial charge >= 0.3 is 5.69 Å². The fourth-order valence-corrected chi connectivity index (χ4v) is 1.76. The number of nitrogens with zero attached hydrogens (tertiary/aromatic N) is 3. The van der Waals surface area contributed by atoms with Crippen LogP contribution in [0.5, 0.6) is 0 Å². The zero-order valence-electron chi connectivity index (χ0n) is 10.1. The highest BCUT2D eigenvalue weighted by atomic mass is 16.2. The predicted octanol–water partition coefficient (Wildman–Crippen LogP) is 1.33. The molecule has 2 N–H and O–H groups in total. The molecule has 2 aromatic rings. The number of benzene rings is 1. The Labute approximate surface area is 99.5 Å². The number of hydrogen-bond donors (Lipinski definition) is 1. The molecule has 5 nitrogen and oxygen atoms in total. The highest BCUT2D eigenvalue weighted by molar-refractivity contribution is 5.44. The zero-order chi connectivity index (χ0) is 12.4. The molecule has 0 aliphatic heterocycles. The first-order chi connectivity index (χ1) is 8.13. The second-order valence-corrected chi connectivity index (χ2v) is 3.98. The van der Waals surface area contributed by atoms with Gasteiger partial charge < -0.3 is 5.73 Å². The minimum Gasteiger partial charge on any atom is -0.399 e. The smallest absolute Gasteiger partial charge is 0.350 e. The van der Waals surface area contributed by atoms with Crippen LogP contribution in [-0.2, 0) is 6.54 Å². The normalized spacial score (nSPS) is 10.7. The molecule has 0 radical (unpaired) electrons. The molecule has 0 amide bonds. The van der Waals surface area contributed by atoms with Crippen molar-refractivity contribution >= 4 is 5.69 Å². The van der Waals surface area contributed by atoms with Gasteiger partial charge in [-0.25, -0.2) is 4.79 Å². The average Bonchev–Trinajstić information content (AvgIpc) is 2.59. The van der Waals surface area contributed by atoms with Gasteiger partial charge in [0.15, 0.2) is 0 Å². The Kier molecular flexibility index (Phi) is 2.99. The van der Waals surface area contributed by atoms with Gasteiger partial charge in [-0.3, -0.25) is 4.57 Å². The first kappa shape index (κ1) is 11.4. The van der Waals surface area contributed by atoms with E-state index in [1.54, 1.807) is 28.8 Å². The van der Waals surface area contributed by atoms with E-state index in [0.29, 0.717) is 12.2 Å². The summed E-state index contributed by atoms with van der Waals surface area (Å²) in [5.74, 6) is 0.730. The first-order valence-electron chi connectivity index (χ1n) is 5.66. The number of anilines is 1. The highest BCUT2D eigenvalue weighted by Crippen LogP contribution is 2.08. The van der Waals surface area contributed by atoms with Crippen molar-refractivity contribution < 1.29 is 0 Å². The van der Waals surface area contributed by atoms with Crippen LogP contribution in [0.25, 0.3) is 5.69 Å². The highest BCUT2D eigenvalue weighted by Gasteiger charge is 2.10. The van der Waals surface area contributed by atoms with Gasteiger partial charge in [0.05, 0.1) is 5.69 Å². The minimum atomic E-state index is -0.103. The summed E-state index contributed by atoms with van der Waals surface area (Å²) in [5, 5.41) is 4.26. The lowest BCUT2D eigenvalue weighted by molar-refractivity contribution is 0.633. The lowest BCUT2D eigenvalue weighted by Gasteiger charge is -2.00. The molecule has 0 aliphatic rings. The second kappa shape index (κ2) is 4.45. The number of hydrogen-bond acceptors (Lipinski definition) is 3. The molecular formula is C12H16N4O. The van der Waals surface area contributed by atoms with Crippen LogP contribution in [0, 0.1) is 6.92 Å². The summed E-state index contributed by atoms with van der Waals surface area (Å²) in [7, 11) is 0. The van der Waals surface area contributed by atoms with Crippen molar-refractivity contribution in [3.8, 4) is 5.69 Å². The van der Waals surface area contributed by atoms with Crippen molar-refractivity contribution in [1.29, 1.82) is 0 Å². The third-order valence-electron chi connectivity index (χ3n) is 2.63. The first-order valence-corrected chi connectivity index (χ1v) is 5.66. The van der Waals surface area contributed by atoms with Crippen molar-refractivity contribution in [1.82, 2.24) is 14.3 Å². The van der Waals surface area contributed by atoms with Gasteiger partial charge in [-0.15, -0.1) is 0 Å². The van der Waals surface area contributed by atoms with Gasteiger partial charge in [-0.2, -0.15) is 9.78 Å². The number of nitrogens with two attached hydrogens (primary N) is 1. The molecule has 1 aromatic heterocycles. The Morgan fingerprint density at radius 2 is 1.94 bits per heavy atom. The van der Waals surface area contributed by atoms with Gasteiger partial charge in [0, 0.05) is 12.2 Å². The summed E-state index contributed by atoms with van der Waals surface area (Å²) in [6, 6.07) is 7.10. The predicted molar refractivity (Wildman–Crippen MR) is 67.3 cm³/mol. The van der Waals surface area contributed by atoms with Crippen molar-refractivity contribution in [3.63, 3.8) is 0 Å². The van der Waals surface area contributed by atoms with E-state index in [4.69, 9.17) is 5.73 Å². The molecule has 17 heavy (non-hydrogen) atoms. The maximum atomic E-state index is 12.1. The van der Waals surface area contributed by atoms with Crippen molar-refractivity contribution in [2.24, 2.45) is 0 Å². The van der Waals surface area contributed by atoms with Crippen LogP contribution in [0.4, 0.5) is 5.69 Å². The van der Waals surface area contributed by atoms with Crippen LogP contribution >= 0.6 is 0 Å². The third-order valence-corrected chi connectivity index (χ3v) is 2.63. The molecule has 0 aliphatic carbocycles. The van der Waals surface area contributed by atoms with Crippen LogP contribution in [0.2, 0.25) is 0 Å². The molecule has 2 rings (SSSR count). The van der Waals surface area contributed by atoms with Crippen LogP contribution in [0.3, 0.4) is 0 Å². The SMILES string of the molecule is CCCn1c(C)nn(-c2ccc(N)cc2)c1=O. The monoisotopic (exact) mass is 232 g/mol. The van der Waals surface area contributed by atoms with Gasteiger partial charge in [-0.05, 0) is 37.6 Å². The lowest BCUT2D eigenvalue weighted by atomic mass is 10.3. The molecule has 5 heteroatoms. The van der Waals surface area contributed by atoms with E-state index in [9.17, 15) is 4.79 Å². The standard InChI is InChI=1S/C12H16N4O/c1-3-8-15-9(2)14-16(12(15)17)11-6-4-10(13)5-7-11/h4-7H,3,8,13H2,1-2H3. The fourth-order valence-electron chi connectivity index (χ4n) is 1.76. The summed E-state index contributed by atoms with van der Waals surface area (Å²) in [6.07, 6.45) is 0.911. The van der Waals surface area contributed by atoms with Gasteiger partial charge in [0.1, 0.15) is 5.82 Å². The molecule has 0 unspecified atom stereocenters. The Bertz CT molecular complexity index is 565. The maximum Gasteiger partial charge on any atom is 0.350 e. The van der Waals surface area contributed by atoms with Crippen molar-refractivity contribution in [2.45, 2.75) is 26.8 Å². The molecule has 0 fully saturated rings. The Balaban J connectivity index is 2.50. The van der Waals surface area contributed by atoms with Crippen LogP contribution in [-0.4, -0.2) is 14.3 Å². The molecule has 90 valence electrons. The second-order valence-electron chi connectivity index (χ2n) is 3.98. The third kappa shape index (κ3) is 2.08. The largest absolute Gasteiger partial charge is 0.399 e. The van der Waals surface area contributed by atoms with E-state index in [1.807, 2.05) is 13.8 Å². The topological polar surface area (TPSA) is 65.8 Å². The van der Waals surface area contributed by atoms with Gasteiger partial charge in [0.2, 0.25) is 0 Å². The number of rotatable bonds is 3. The minimum absolute atomic E-state index is 0.103. The molecule has 0 spiro atoms. The molecule has 0 saturated carbocycles. The summed E-state index contributed by atoms with van der Waals surface area (Å²) in [6.45, 7) is 4.57. The van der Waals surface area contributed by atoms with Crippen molar-refractivity contribution in [3.05, 3.63) is 40.6 Å². The fraction of sp³-hybridized carbons (Fsp3) is 0.333. The van der Waals surface area contributed by atoms with Crippen LogP contribution < -0.4 is 11.4 Å². The molecule has 0 atom stereocenters. The lowest BCUT2D eigenvalue weighted by Crippen LogP contribution is -2.24. The van der Waals surface area contributed by atoms with E-state index < -0.39 is 0 Å². The van der Waals surface area contributed by atoms with Crippen LogP contribution in [0.1, 0.15) is 19.2 Å².